The molecule has 8 heteroatoms. The summed E-state index contributed by atoms with van der Waals surface area (Å²) in [6.07, 6.45) is -3.86. The Morgan fingerprint density at radius 1 is 1.39 bits per heavy atom. The van der Waals surface area contributed by atoms with Crippen molar-refractivity contribution in [2.24, 2.45) is 5.92 Å². The Hall–Kier alpha value is -1.47. The number of rotatable bonds is 6. The van der Waals surface area contributed by atoms with E-state index in [1.165, 1.54) is 0 Å². The lowest BCUT2D eigenvalue weighted by molar-refractivity contribution is -0.148. The van der Waals surface area contributed by atoms with Gasteiger partial charge in [-0.15, -0.1) is 0 Å². The summed E-state index contributed by atoms with van der Waals surface area (Å²) in [5.41, 5.74) is 0. The molecule has 0 aromatic rings. The van der Waals surface area contributed by atoms with Gasteiger partial charge in [-0.3, -0.25) is 4.79 Å². The summed E-state index contributed by atoms with van der Waals surface area (Å²) >= 11 is 0. The average molecular weight is 270 g/mol. The fraction of sp³-hybridized carbons (Fsp3) is 0.800. The molecule has 0 aliphatic heterocycles. The van der Waals surface area contributed by atoms with Gasteiger partial charge in [0.2, 0.25) is 0 Å². The van der Waals surface area contributed by atoms with E-state index in [0.29, 0.717) is 0 Å². The van der Waals surface area contributed by atoms with Gasteiger partial charge in [-0.1, -0.05) is 20.3 Å². The number of nitrogens with zero attached hydrogens (tertiary/aromatic N) is 1. The third kappa shape index (κ3) is 7.75. The fourth-order valence-corrected chi connectivity index (χ4v) is 1.10. The van der Waals surface area contributed by atoms with Gasteiger partial charge in [-0.05, 0) is 5.92 Å². The van der Waals surface area contributed by atoms with Crippen LogP contribution in [0.3, 0.4) is 0 Å². The fourth-order valence-electron chi connectivity index (χ4n) is 1.10. The number of carbonyl (C=O) groups is 2. The Bertz CT molecular complexity index is 295. The molecule has 0 rings (SSSR count). The molecule has 0 aromatic carbocycles. The van der Waals surface area contributed by atoms with E-state index in [0.717, 1.165) is 6.42 Å². The molecule has 0 aliphatic rings. The summed E-state index contributed by atoms with van der Waals surface area (Å²) in [6, 6.07) is -1.02. The van der Waals surface area contributed by atoms with Crippen LogP contribution in [-0.4, -0.2) is 47.8 Å². The Morgan fingerprint density at radius 3 is 2.33 bits per heavy atom. The maximum atomic E-state index is 12.2. The lowest BCUT2D eigenvalue weighted by Gasteiger charge is -2.23. The summed E-state index contributed by atoms with van der Waals surface area (Å²) in [5.74, 6) is -1.37. The second-order valence-corrected chi connectivity index (χ2v) is 4.06. The van der Waals surface area contributed by atoms with Crippen molar-refractivity contribution in [1.29, 1.82) is 0 Å². The molecule has 0 aromatic heterocycles. The van der Waals surface area contributed by atoms with Crippen molar-refractivity contribution in [1.82, 2.24) is 10.2 Å². The van der Waals surface area contributed by atoms with Gasteiger partial charge in [0.25, 0.3) is 0 Å². The number of halogens is 3. The highest BCUT2D eigenvalue weighted by Gasteiger charge is 2.33. The third-order valence-corrected chi connectivity index (χ3v) is 2.28. The van der Waals surface area contributed by atoms with Crippen molar-refractivity contribution >= 4 is 12.0 Å². The Balaban J connectivity index is 4.45. The summed E-state index contributed by atoms with van der Waals surface area (Å²) in [7, 11) is 0. The van der Waals surface area contributed by atoms with Crippen LogP contribution < -0.4 is 5.32 Å². The number of carboxylic acid groups (broad SMARTS) is 1. The van der Waals surface area contributed by atoms with Crippen molar-refractivity contribution in [3.8, 4) is 0 Å². The predicted molar refractivity (Wildman–Crippen MR) is 58.1 cm³/mol. The Morgan fingerprint density at radius 2 is 1.94 bits per heavy atom. The molecule has 0 heterocycles. The zero-order valence-corrected chi connectivity index (χ0v) is 10.3. The molecule has 1 atom stereocenters. The first-order valence-corrected chi connectivity index (χ1v) is 5.47. The Kier molecular flexibility index (Phi) is 6.50. The number of carboxylic acids is 1. The van der Waals surface area contributed by atoms with E-state index < -0.39 is 31.3 Å². The zero-order chi connectivity index (χ0) is 14.3. The maximum absolute atomic E-state index is 12.2. The predicted octanol–water partition coefficient (Wildman–Crippen LogP) is 1.69. The van der Waals surface area contributed by atoms with E-state index in [-0.39, 0.29) is 17.4 Å². The Labute approximate surface area is 103 Å². The van der Waals surface area contributed by atoms with Crippen LogP contribution in [0.1, 0.15) is 20.3 Å². The minimum atomic E-state index is -4.62. The van der Waals surface area contributed by atoms with Gasteiger partial charge in [0.15, 0.2) is 0 Å². The topological polar surface area (TPSA) is 69.6 Å². The van der Waals surface area contributed by atoms with E-state index in [1.807, 2.05) is 13.8 Å². The van der Waals surface area contributed by atoms with Crippen LogP contribution in [0.25, 0.3) is 0 Å². The first-order chi connectivity index (χ1) is 8.15. The lowest BCUT2D eigenvalue weighted by atomic mass is 10.1. The molecule has 5 nitrogen and oxygen atoms in total. The third-order valence-electron chi connectivity index (χ3n) is 2.28. The van der Waals surface area contributed by atoms with E-state index in [2.05, 4.69) is 5.32 Å². The van der Waals surface area contributed by atoms with Crippen LogP contribution in [0, 0.1) is 5.92 Å². The van der Waals surface area contributed by atoms with Gasteiger partial charge < -0.3 is 15.3 Å². The smallest absolute Gasteiger partial charge is 0.406 e. The molecular weight excluding hydrogens is 253 g/mol. The van der Waals surface area contributed by atoms with Gasteiger partial charge in [-0.25, -0.2) is 4.79 Å². The van der Waals surface area contributed by atoms with E-state index in [1.54, 1.807) is 0 Å². The van der Waals surface area contributed by atoms with Crippen molar-refractivity contribution in [2.75, 3.05) is 19.6 Å². The zero-order valence-electron chi connectivity index (χ0n) is 10.3. The van der Waals surface area contributed by atoms with Crippen LogP contribution in [0.15, 0.2) is 0 Å². The van der Waals surface area contributed by atoms with Crippen molar-refractivity contribution in [3.63, 3.8) is 0 Å². The van der Waals surface area contributed by atoms with Gasteiger partial charge >= 0.3 is 18.2 Å². The van der Waals surface area contributed by atoms with Gasteiger partial charge in [-0.2, -0.15) is 13.2 Å². The first-order valence-electron chi connectivity index (χ1n) is 5.47. The van der Waals surface area contributed by atoms with E-state index >= 15 is 0 Å². The number of hydrogen-bond donors (Lipinski definition) is 2. The average Bonchev–Trinajstić information content (AvgIpc) is 2.21. The second kappa shape index (κ2) is 7.07. The highest BCUT2D eigenvalue weighted by Crippen LogP contribution is 2.16. The molecule has 0 radical (unpaired) electrons. The van der Waals surface area contributed by atoms with Crippen LogP contribution in [-0.2, 0) is 4.79 Å². The number of amides is 2. The molecule has 2 N–H and O–H groups in total. The quantitative estimate of drug-likeness (QED) is 0.771. The minimum absolute atomic E-state index is 0.117. The molecule has 2 amide bonds. The number of urea groups is 1. The van der Waals surface area contributed by atoms with Crippen LogP contribution in [0.4, 0.5) is 18.0 Å². The van der Waals surface area contributed by atoms with Crippen LogP contribution >= 0.6 is 0 Å². The minimum Gasteiger partial charge on any atom is -0.480 e. The molecular formula is C10H17F3N2O3. The summed E-state index contributed by atoms with van der Waals surface area (Å²) in [6.45, 7) is 1.36. The van der Waals surface area contributed by atoms with Crippen LogP contribution in [0.5, 0.6) is 0 Å². The highest BCUT2D eigenvalue weighted by atomic mass is 19.4. The summed E-state index contributed by atoms with van der Waals surface area (Å²) < 4.78 is 36.5. The molecule has 1 unspecified atom stereocenters. The number of nitrogens with one attached hydrogen (secondary N) is 1. The summed E-state index contributed by atoms with van der Waals surface area (Å²) in [4.78, 5) is 22.1. The molecule has 0 aliphatic carbocycles. The number of alkyl halides is 3. The molecule has 0 saturated carbocycles. The number of carbonyl (C=O) groups excluding carboxylic acids is 1. The van der Waals surface area contributed by atoms with Crippen molar-refractivity contribution < 1.29 is 27.9 Å². The molecule has 106 valence electrons. The normalized spacial score (nSPS) is 12.9. The lowest BCUT2D eigenvalue weighted by Crippen LogP contribution is -2.47. The molecule has 18 heavy (non-hydrogen) atoms. The summed E-state index contributed by atoms with van der Waals surface area (Å²) in [5, 5.41) is 10.7. The largest absolute Gasteiger partial charge is 0.480 e. The van der Waals surface area contributed by atoms with E-state index in [4.69, 9.17) is 5.11 Å². The second-order valence-electron chi connectivity index (χ2n) is 4.06. The van der Waals surface area contributed by atoms with Crippen molar-refractivity contribution in [2.45, 2.75) is 26.4 Å². The molecule has 0 spiro atoms. The van der Waals surface area contributed by atoms with Gasteiger partial charge in [0, 0.05) is 6.54 Å². The molecule has 0 fully saturated rings. The van der Waals surface area contributed by atoms with Crippen molar-refractivity contribution in [3.05, 3.63) is 0 Å². The standard InChI is InChI=1S/C10H17F3N2O3/c1-3-7(2)4-14-9(18)15(5-8(16)17)6-10(11,12)13/h7H,3-6H2,1-2H3,(H,14,18)(H,16,17). The number of hydrogen-bond acceptors (Lipinski definition) is 2. The van der Waals surface area contributed by atoms with Gasteiger partial charge in [0.05, 0.1) is 0 Å². The molecule has 0 saturated heterocycles. The van der Waals surface area contributed by atoms with Crippen LogP contribution in [0.2, 0.25) is 0 Å². The first kappa shape index (κ1) is 16.5. The highest BCUT2D eigenvalue weighted by molar-refractivity contribution is 5.80. The SMILES string of the molecule is CCC(C)CNC(=O)N(CC(=O)O)CC(F)(F)F. The monoisotopic (exact) mass is 270 g/mol. The van der Waals surface area contributed by atoms with E-state index in [9.17, 15) is 22.8 Å². The molecule has 0 bridgehead atoms. The number of aliphatic carboxylic acids is 1. The van der Waals surface area contributed by atoms with Gasteiger partial charge in [0.1, 0.15) is 13.1 Å². The maximum Gasteiger partial charge on any atom is 0.406 e.